The van der Waals surface area contributed by atoms with Crippen molar-refractivity contribution in [1.29, 1.82) is 5.26 Å². The topological polar surface area (TPSA) is 86.5 Å². The third kappa shape index (κ3) is 5.76. The minimum atomic E-state index is -0.407. The lowest BCUT2D eigenvalue weighted by atomic mass is 10.1. The van der Waals surface area contributed by atoms with Crippen LogP contribution >= 0.6 is 11.8 Å². The number of nitriles is 1. The third-order valence-electron chi connectivity index (χ3n) is 3.76. The Morgan fingerprint density at radius 3 is 2.67 bits per heavy atom. The van der Waals surface area contributed by atoms with Gasteiger partial charge in [0.2, 0.25) is 0 Å². The molecule has 0 amide bonds. The lowest BCUT2D eigenvalue weighted by Crippen LogP contribution is -2.13. The number of rotatable bonds is 6. The van der Waals surface area contributed by atoms with E-state index in [4.69, 9.17) is 10.00 Å². The van der Waals surface area contributed by atoms with Gasteiger partial charge in [-0.05, 0) is 43.9 Å². The molecular weight excluding hydrogens is 360 g/mol. The van der Waals surface area contributed by atoms with Gasteiger partial charge < -0.3 is 10.1 Å². The Morgan fingerprint density at radius 2 is 2.04 bits per heavy atom. The fourth-order valence-electron chi connectivity index (χ4n) is 2.43. The Kier molecular flexibility index (Phi) is 7.71. The summed E-state index contributed by atoms with van der Waals surface area (Å²) < 4.78 is 5.07. The maximum Gasteiger partial charge on any atom is 0.338 e. The molecule has 0 aliphatic heterocycles. The van der Waals surface area contributed by atoms with Crippen molar-refractivity contribution in [3.8, 4) is 6.19 Å². The number of benzene rings is 2. The molecule has 0 fully saturated rings. The molecule has 27 heavy (non-hydrogen) atoms. The first kappa shape index (κ1) is 20.3. The molecule has 6 nitrogen and oxygen atoms in total. The number of hydrogen-bond acceptors (Lipinski definition) is 6. The van der Waals surface area contributed by atoms with Gasteiger partial charge in [0.05, 0.1) is 23.5 Å². The zero-order chi connectivity index (χ0) is 19.6. The van der Waals surface area contributed by atoms with Gasteiger partial charge in [0.25, 0.3) is 0 Å². The van der Waals surface area contributed by atoms with Crippen LogP contribution in [0.25, 0.3) is 0 Å². The Morgan fingerprint density at radius 1 is 1.30 bits per heavy atom. The van der Waals surface area contributed by atoms with Crippen LogP contribution in [-0.4, -0.2) is 24.0 Å². The van der Waals surface area contributed by atoms with Crippen molar-refractivity contribution in [2.45, 2.75) is 19.9 Å². The largest absolute Gasteiger partial charge is 0.462 e. The second-order valence-electron chi connectivity index (χ2n) is 5.59. The van der Waals surface area contributed by atoms with E-state index >= 15 is 0 Å². The van der Waals surface area contributed by atoms with E-state index < -0.39 is 5.97 Å². The van der Waals surface area contributed by atoms with E-state index in [0.29, 0.717) is 23.0 Å². The Labute approximate surface area is 163 Å². The van der Waals surface area contributed by atoms with Gasteiger partial charge in [-0.25, -0.2) is 9.79 Å². The van der Waals surface area contributed by atoms with Gasteiger partial charge in [-0.3, -0.25) is 5.32 Å². The molecule has 0 aromatic heterocycles. The molecule has 1 unspecified atom stereocenters. The monoisotopic (exact) mass is 382 g/mol. The van der Waals surface area contributed by atoms with E-state index in [2.05, 4.69) is 15.6 Å². The van der Waals surface area contributed by atoms with Crippen molar-refractivity contribution in [3.05, 3.63) is 59.7 Å². The molecule has 1 atom stereocenters. The fourth-order valence-corrected chi connectivity index (χ4v) is 2.77. The number of amidine groups is 1. The van der Waals surface area contributed by atoms with Crippen molar-refractivity contribution in [2.24, 2.45) is 4.99 Å². The van der Waals surface area contributed by atoms with Crippen LogP contribution in [0.5, 0.6) is 0 Å². The summed E-state index contributed by atoms with van der Waals surface area (Å²) in [4.78, 5) is 16.6. The molecule has 140 valence electrons. The lowest BCUT2D eigenvalue weighted by Gasteiger charge is -2.18. The van der Waals surface area contributed by atoms with Gasteiger partial charge >= 0.3 is 5.97 Å². The number of aliphatic imine (C=N–C) groups is 1. The molecule has 7 heteroatoms. The summed E-state index contributed by atoms with van der Waals surface area (Å²) >= 11 is 1.31. The zero-order valence-corrected chi connectivity index (χ0v) is 16.3. The van der Waals surface area contributed by atoms with Crippen LogP contribution in [0, 0.1) is 11.5 Å². The van der Waals surface area contributed by atoms with Gasteiger partial charge in [0, 0.05) is 6.04 Å². The highest BCUT2D eigenvalue weighted by Crippen LogP contribution is 2.31. The van der Waals surface area contributed by atoms with E-state index in [-0.39, 0.29) is 6.04 Å². The summed E-state index contributed by atoms with van der Waals surface area (Å²) in [5, 5.41) is 15.3. The smallest absolute Gasteiger partial charge is 0.338 e. The van der Waals surface area contributed by atoms with Crippen molar-refractivity contribution < 1.29 is 9.53 Å². The van der Waals surface area contributed by atoms with E-state index in [1.807, 2.05) is 49.7 Å². The molecule has 0 heterocycles. The lowest BCUT2D eigenvalue weighted by molar-refractivity contribution is 0.0526. The standard InChI is InChI=1S/C20H22N4O2S/c1-4-26-19(25)16-10-11-17(18(12-16)24-20(27-3)22-13-21)23-14(2)15-8-6-5-7-9-15/h5-12,14,23H,4H2,1-3H3,(H,22,24). The predicted molar refractivity (Wildman–Crippen MR) is 110 cm³/mol. The normalized spacial score (nSPS) is 12.0. The van der Waals surface area contributed by atoms with Gasteiger partial charge in [0.1, 0.15) is 0 Å². The second-order valence-corrected chi connectivity index (χ2v) is 6.38. The van der Waals surface area contributed by atoms with Gasteiger partial charge in [-0.2, -0.15) is 5.26 Å². The number of esters is 1. The number of thioether (sulfide) groups is 1. The van der Waals surface area contributed by atoms with E-state index in [9.17, 15) is 4.79 Å². The highest BCUT2D eigenvalue weighted by atomic mass is 32.2. The molecular formula is C20H22N4O2S. The quantitative estimate of drug-likeness (QED) is 0.252. The molecule has 0 aliphatic rings. The zero-order valence-electron chi connectivity index (χ0n) is 15.5. The first-order valence-corrected chi connectivity index (χ1v) is 9.72. The maximum atomic E-state index is 12.1. The van der Waals surface area contributed by atoms with Gasteiger partial charge in [-0.1, -0.05) is 42.1 Å². The summed E-state index contributed by atoms with van der Waals surface area (Å²) in [6, 6.07) is 15.2. The van der Waals surface area contributed by atoms with Crippen LogP contribution in [0.15, 0.2) is 53.5 Å². The number of carbonyl (C=O) groups excluding carboxylic acids is 1. The van der Waals surface area contributed by atoms with Crippen molar-refractivity contribution in [1.82, 2.24) is 5.32 Å². The van der Waals surface area contributed by atoms with Crippen LogP contribution in [0.2, 0.25) is 0 Å². The molecule has 0 bridgehead atoms. The summed E-state index contributed by atoms with van der Waals surface area (Å²) in [5.74, 6) is -0.407. The summed E-state index contributed by atoms with van der Waals surface area (Å²) in [7, 11) is 0. The Balaban J connectivity index is 2.39. The van der Waals surface area contributed by atoms with E-state index in [1.165, 1.54) is 11.8 Å². The van der Waals surface area contributed by atoms with Crippen molar-refractivity contribution >= 4 is 34.3 Å². The van der Waals surface area contributed by atoms with Gasteiger partial charge in [-0.15, -0.1) is 0 Å². The Bertz CT molecular complexity index is 847. The predicted octanol–water partition coefficient (Wildman–Crippen LogP) is 4.46. The number of nitrogens with zero attached hydrogens (tertiary/aromatic N) is 2. The SMILES string of the molecule is CCOC(=O)c1ccc(NC(C)c2ccccc2)c(N=C(NC#N)SC)c1. The number of ether oxygens (including phenoxy) is 1. The van der Waals surface area contributed by atoms with E-state index in [0.717, 1.165) is 11.3 Å². The van der Waals surface area contributed by atoms with Gasteiger partial charge in [0.15, 0.2) is 11.4 Å². The van der Waals surface area contributed by atoms with Crippen LogP contribution < -0.4 is 10.6 Å². The van der Waals surface area contributed by atoms with Crippen LogP contribution in [0.1, 0.15) is 35.8 Å². The highest BCUT2D eigenvalue weighted by molar-refractivity contribution is 8.13. The second kappa shape index (κ2) is 10.2. The summed E-state index contributed by atoms with van der Waals surface area (Å²) in [5.41, 5.74) is 2.84. The van der Waals surface area contributed by atoms with Crippen molar-refractivity contribution in [3.63, 3.8) is 0 Å². The molecule has 0 spiro atoms. The number of hydrogen-bond donors (Lipinski definition) is 2. The van der Waals surface area contributed by atoms with E-state index in [1.54, 1.807) is 25.1 Å². The van der Waals surface area contributed by atoms with Crippen LogP contribution in [-0.2, 0) is 4.74 Å². The number of anilines is 1. The molecule has 0 saturated carbocycles. The average molecular weight is 382 g/mol. The summed E-state index contributed by atoms with van der Waals surface area (Å²) in [6.45, 7) is 4.11. The van der Waals surface area contributed by atoms with Crippen LogP contribution in [0.3, 0.4) is 0 Å². The Hall–Kier alpha value is -2.98. The minimum Gasteiger partial charge on any atom is -0.462 e. The minimum absolute atomic E-state index is 0.0373. The molecule has 2 aromatic rings. The number of nitrogens with one attached hydrogen (secondary N) is 2. The molecule has 2 aromatic carbocycles. The molecule has 0 aliphatic carbocycles. The summed E-state index contributed by atoms with van der Waals surface area (Å²) in [6.07, 6.45) is 3.69. The van der Waals surface area contributed by atoms with Crippen LogP contribution in [0.4, 0.5) is 11.4 Å². The third-order valence-corrected chi connectivity index (χ3v) is 4.34. The average Bonchev–Trinajstić information content (AvgIpc) is 2.69. The fraction of sp³-hybridized carbons (Fsp3) is 0.250. The number of carbonyl (C=O) groups is 1. The first-order valence-electron chi connectivity index (χ1n) is 8.49. The highest BCUT2D eigenvalue weighted by Gasteiger charge is 2.13. The molecule has 0 saturated heterocycles. The first-order chi connectivity index (χ1) is 13.1. The molecule has 2 rings (SSSR count). The van der Waals surface area contributed by atoms with Crippen molar-refractivity contribution in [2.75, 3.05) is 18.2 Å². The molecule has 2 N–H and O–H groups in total. The maximum absolute atomic E-state index is 12.1. The molecule has 0 radical (unpaired) electrons.